The highest BCUT2D eigenvalue weighted by Gasteiger charge is 2.30. The van der Waals surface area contributed by atoms with Gasteiger partial charge >= 0.3 is 0 Å². The maximum Gasteiger partial charge on any atom is 0.0912 e. The average molecular weight is 376 g/mol. The molecule has 0 heterocycles. The van der Waals surface area contributed by atoms with Crippen molar-refractivity contribution in [2.45, 2.75) is 83.5 Å². The smallest absolute Gasteiger partial charge is 0.0912 e. The molecule has 3 rings (SSSR count). The highest BCUT2D eigenvalue weighted by molar-refractivity contribution is 5.26. The lowest BCUT2D eigenvalue weighted by atomic mass is 9.68. The van der Waals surface area contributed by atoms with E-state index in [9.17, 15) is 0 Å². The van der Waals surface area contributed by atoms with Gasteiger partial charge in [-0.3, -0.25) is 0 Å². The quantitative estimate of drug-likeness (QED) is 0.353. The van der Waals surface area contributed by atoms with Crippen LogP contribution in [0.15, 0.2) is 48.6 Å². The van der Waals surface area contributed by atoms with E-state index in [2.05, 4.69) is 43.3 Å². The summed E-state index contributed by atoms with van der Waals surface area (Å²) >= 11 is 0. The van der Waals surface area contributed by atoms with Crippen LogP contribution >= 0.6 is 0 Å². The van der Waals surface area contributed by atoms with E-state index < -0.39 is 0 Å². The molecule has 28 heavy (non-hydrogen) atoms. The Balaban J connectivity index is 1.41. The van der Waals surface area contributed by atoms with Crippen LogP contribution in [0.5, 0.6) is 0 Å². The van der Waals surface area contributed by atoms with Gasteiger partial charge in [-0.25, -0.2) is 0 Å². The van der Waals surface area contributed by atoms with E-state index in [0.717, 1.165) is 23.7 Å². The van der Waals surface area contributed by atoms with E-state index in [4.69, 9.17) is 5.26 Å². The van der Waals surface area contributed by atoms with Crippen molar-refractivity contribution in [3.8, 4) is 6.07 Å². The van der Waals surface area contributed by atoms with Crippen molar-refractivity contribution in [2.24, 2.45) is 17.8 Å². The first-order valence-corrected chi connectivity index (χ1v) is 11.6. The topological polar surface area (TPSA) is 23.8 Å². The first kappa shape index (κ1) is 20.9. The Morgan fingerprint density at radius 1 is 0.893 bits per heavy atom. The van der Waals surface area contributed by atoms with Crippen LogP contribution in [0.25, 0.3) is 0 Å². The van der Waals surface area contributed by atoms with Crippen molar-refractivity contribution < 1.29 is 0 Å². The Labute approximate surface area is 172 Å². The summed E-state index contributed by atoms with van der Waals surface area (Å²) in [6.07, 6.45) is 22.7. The summed E-state index contributed by atoms with van der Waals surface area (Å²) in [6, 6.07) is 11.6. The van der Waals surface area contributed by atoms with Gasteiger partial charge in [-0.15, -0.1) is 0 Å². The summed E-state index contributed by atoms with van der Waals surface area (Å²) in [5.41, 5.74) is 3.09. The number of nitrogens with zero attached hydrogens (tertiary/aromatic N) is 1. The molecule has 0 atom stereocenters. The van der Waals surface area contributed by atoms with Crippen LogP contribution < -0.4 is 0 Å². The second-order valence-corrected chi connectivity index (χ2v) is 9.00. The highest BCUT2D eigenvalue weighted by Crippen LogP contribution is 2.44. The fourth-order valence-corrected chi connectivity index (χ4v) is 5.39. The molecular formula is C27H37N. The van der Waals surface area contributed by atoms with Crippen molar-refractivity contribution >= 4 is 0 Å². The Hall–Kier alpha value is -1.81. The molecule has 2 saturated carbocycles. The Morgan fingerprint density at radius 3 is 2.14 bits per heavy atom. The van der Waals surface area contributed by atoms with Crippen molar-refractivity contribution in [1.82, 2.24) is 0 Å². The fraction of sp³-hybridized carbons (Fsp3) is 0.593. The van der Waals surface area contributed by atoms with Gasteiger partial charge in [-0.1, -0.05) is 55.8 Å². The van der Waals surface area contributed by atoms with Crippen LogP contribution in [0, 0.1) is 29.1 Å². The second kappa shape index (κ2) is 11.3. The molecule has 1 heteroatoms. The monoisotopic (exact) mass is 375 g/mol. The third-order valence-electron chi connectivity index (χ3n) is 7.19. The van der Waals surface area contributed by atoms with Gasteiger partial charge in [-0.2, -0.15) is 5.26 Å². The zero-order valence-corrected chi connectivity index (χ0v) is 17.7. The minimum atomic E-state index is 0.724. The van der Waals surface area contributed by atoms with E-state index >= 15 is 0 Å². The summed E-state index contributed by atoms with van der Waals surface area (Å²) < 4.78 is 0. The summed E-state index contributed by atoms with van der Waals surface area (Å²) in [4.78, 5) is 0. The number of aryl methyl sites for hydroxylation is 1. The van der Waals surface area contributed by atoms with Crippen LogP contribution in [0.4, 0.5) is 0 Å². The van der Waals surface area contributed by atoms with E-state index in [1.807, 2.05) is 12.1 Å². The standard InChI is InChI=1S/C27H37N/c1-2-3-7-22-9-13-24(14-10-22)26-17-19-27(20-18-26)25-15-11-23(12-16-25)8-5-4-6-21-28/h4-6,8-10,13-14,23,25-27H,2-3,7,11-12,15-20H2,1H3/t23-,25-,26-,27-. The normalized spacial score (nSPS) is 28.6. The van der Waals surface area contributed by atoms with Crippen molar-refractivity contribution in [3.05, 3.63) is 59.7 Å². The van der Waals surface area contributed by atoms with E-state index in [1.165, 1.54) is 76.2 Å². The molecule has 0 aromatic heterocycles. The van der Waals surface area contributed by atoms with Crippen LogP contribution in [-0.4, -0.2) is 0 Å². The number of benzene rings is 1. The van der Waals surface area contributed by atoms with Gasteiger partial charge in [0.25, 0.3) is 0 Å². The largest absolute Gasteiger partial charge is 0.193 e. The average Bonchev–Trinajstić information content (AvgIpc) is 2.76. The molecule has 0 radical (unpaired) electrons. The Bertz CT molecular complexity index is 659. The molecule has 0 amide bonds. The second-order valence-electron chi connectivity index (χ2n) is 9.00. The zero-order chi connectivity index (χ0) is 19.6. The van der Waals surface area contributed by atoms with Crippen LogP contribution in [0.2, 0.25) is 0 Å². The van der Waals surface area contributed by atoms with Crippen LogP contribution in [-0.2, 0) is 6.42 Å². The van der Waals surface area contributed by atoms with Gasteiger partial charge in [0.1, 0.15) is 0 Å². The number of hydrogen-bond acceptors (Lipinski definition) is 1. The molecule has 2 aliphatic carbocycles. The number of unbranched alkanes of at least 4 members (excludes halogenated alkanes) is 1. The van der Waals surface area contributed by atoms with Crippen molar-refractivity contribution in [1.29, 1.82) is 5.26 Å². The summed E-state index contributed by atoms with van der Waals surface area (Å²) in [5.74, 6) is 3.44. The SMILES string of the molecule is CCCCc1ccc([C@H]2CC[C@H]([C@H]3CC[C@H](C=CC=CC#N)CC3)CC2)cc1. The van der Waals surface area contributed by atoms with Crippen molar-refractivity contribution in [3.63, 3.8) is 0 Å². The molecule has 0 spiro atoms. The van der Waals surface area contributed by atoms with Crippen LogP contribution in [0.3, 0.4) is 0 Å². The minimum Gasteiger partial charge on any atom is -0.193 e. The van der Waals surface area contributed by atoms with Gasteiger partial charge in [-0.05, 0) is 99.0 Å². The van der Waals surface area contributed by atoms with E-state index in [1.54, 1.807) is 11.6 Å². The lowest BCUT2D eigenvalue weighted by Gasteiger charge is -2.37. The van der Waals surface area contributed by atoms with Gasteiger partial charge in [0.2, 0.25) is 0 Å². The maximum absolute atomic E-state index is 8.55. The summed E-state index contributed by atoms with van der Waals surface area (Å²) in [7, 11) is 0. The number of nitriles is 1. The summed E-state index contributed by atoms with van der Waals surface area (Å²) in [5, 5.41) is 8.55. The van der Waals surface area contributed by atoms with Gasteiger partial charge in [0.05, 0.1) is 6.07 Å². The molecule has 1 aromatic carbocycles. The molecule has 150 valence electrons. The molecule has 2 fully saturated rings. The van der Waals surface area contributed by atoms with E-state index in [-0.39, 0.29) is 0 Å². The molecule has 0 N–H and O–H groups in total. The van der Waals surface area contributed by atoms with Gasteiger partial charge < -0.3 is 0 Å². The highest BCUT2D eigenvalue weighted by atomic mass is 14.4. The minimum absolute atomic E-state index is 0.724. The molecule has 1 aromatic rings. The number of rotatable bonds is 7. The summed E-state index contributed by atoms with van der Waals surface area (Å²) in [6.45, 7) is 2.27. The zero-order valence-electron chi connectivity index (χ0n) is 17.7. The molecule has 0 aliphatic heterocycles. The lowest BCUT2D eigenvalue weighted by Crippen LogP contribution is -2.25. The molecule has 0 unspecified atom stereocenters. The molecule has 0 bridgehead atoms. The molecule has 2 aliphatic rings. The van der Waals surface area contributed by atoms with Crippen molar-refractivity contribution in [2.75, 3.05) is 0 Å². The van der Waals surface area contributed by atoms with Gasteiger partial charge in [0.15, 0.2) is 0 Å². The number of allylic oxidation sites excluding steroid dienone is 4. The van der Waals surface area contributed by atoms with Gasteiger partial charge in [0, 0.05) is 6.08 Å². The number of hydrogen-bond donors (Lipinski definition) is 0. The maximum atomic E-state index is 8.55. The molecular weight excluding hydrogens is 338 g/mol. The first-order valence-electron chi connectivity index (χ1n) is 11.6. The molecule has 0 saturated heterocycles. The Kier molecular flexibility index (Phi) is 8.41. The predicted molar refractivity (Wildman–Crippen MR) is 119 cm³/mol. The first-order chi connectivity index (χ1) is 13.8. The van der Waals surface area contributed by atoms with E-state index in [0.29, 0.717) is 0 Å². The lowest BCUT2D eigenvalue weighted by molar-refractivity contribution is 0.171. The van der Waals surface area contributed by atoms with Crippen LogP contribution in [0.1, 0.15) is 88.2 Å². The third-order valence-corrected chi connectivity index (χ3v) is 7.19. The fourth-order valence-electron chi connectivity index (χ4n) is 5.39. The Morgan fingerprint density at radius 2 is 1.54 bits per heavy atom. The predicted octanol–water partition coefficient (Wildman–Crippen LogP) is 7.75. The third kappa shape index (κ3) is 6.10. The molecule has 1 nitrogen and oxygen atoms in total.